The SMILES string of the molecule is O=[N+]([O-])c1ccccc1C1=NN(S(=O)(=O)c2ccccc2)[C@H](c2cccs2)C1. The summed E-state index contributed by atoms with van der Waals surface area (Å²) >= 11 is 1.43. The molecule has 1 aliphatic rings. The van der Waals surface area contributed by atoms with Crippen LogP contribution in [0.3, 0.4) is 0 Å². The first kappa shape index (κ1) is 18.3. The Bertz CT molecular complexity index is 1140. The fourth-order valence-corrected chi connectivity index (χ4v) is 5.47. The number of hydrogen-bond donors (Lipinski definition) is 0. The van der Waals surface area contributed by atoms with Gasteiger partial charge in [0, 0.05) is 17.4 Å². The minimum Gasteiger partial charge on any atom is -0.258 e. The maximum Gasteiger partial charge on any atom is 0.279 e. The minimum atomic E-state index is -3.91. The number of nitro groups is 1. The highest BCUT2D eigenvalue weighted by atomic mass is 32.2. The average Bonchev–Trinajstić information content (AvgIpc) is 3.38. The molecule has 0 bridgehead atoms. The summed E-state index contributed by atoms with van der Waals surface area (Å²) in [6.07, 6.45) is 0.261. The highest BCUT2D eigenvalue weighted by Gasteiger charge is 2.39. The van der Waals surface area contributed by atoms with Gasteiger partial charge in [0.05, 0.1) is 21.1 Å². The molecular weight excluding hydrogens is 398 g/mol. The van der Waals surface area contributed by atoms with Crippen LogP contribution in [0.4, 0.5) is 5.69 Å². The number of para-hydroxylation sites is 1. The summed E-state index contributed by atoms with van der Waals surface area (Å²) in [4.78, 5) is 11.9. The predicted octanol–water partition coefficient (Wildman–Crippen LogP) is 4.20. The Kier molecular flexibility index (Phi) is 4.70. The Hall–Kier alpha value is -3.04. The summed E-state index contributed by atoms with van der Waals surface area (Å²) in [7, 11) is -3.91. The molecule has 1 aromatic heterocycles. The van der Waals surface area contributed by atoms with E-state index in [4.69, 9.17) is 0 Å². The summed E-state index contributed by atoms with van der Waals surface area (Å²) in [5, 5.41) is 17.6. The van der Waals surface area contributed by atoms with E-state index < -0.39 is 21.0 Å². The number of nitro benzene ring substituents is 1. The molecule has 0 N–H and O–H groups in total. The molecule has 0 saturated carbocycles. The molecule has 9 heteroatoms. The highest BCUT2D eigenvalue weighted by molar-refractivity contribution is 7.89. The van der Waals surface area contributed by atoms with Crippen LogP contribution in [0.5, 0.6) is 0 Å². The molecule has 2 aromatic carbocycles. The van der Waals surface area contributed by atoms with Crippen molar-refractivity contribution in [3.8, 4) is 0 Å². The van der Waals surface area contributed by atoms with Gasteiger partial charge in [-0.1, -0.05) is 36.4 Å². The van der Waals surface area contributed by atoms with Gasteiger partial charge in [-0.25, -0.2) is 0 Å². The lowest BCUT2D eigenvalue weighted by molar-refractivity contribution is -0.385. The van der Waals surface area contributed by atoms with Gasteiger partial charge >= 0.3 is 0 Å². The Morgan fingerprint density at radius 1 is 1.04 bits per heavy atom. The van der Waals surface area contributed by atoms with E-state index in [9.17, 15) is 18.5 Å². The topological polar surface area (TPSA) is 92.9 Å². The molecular formula is C19H15N3O4S2. The summed E-state index contributed by atoms with van der Waals surface area (Å²) in [5.41, 5.74) is 0.621. The monoisotopic (exact) mass is 413 g/mol. The first-order valence-corrected chi connectivity index (χ1v) is 10.7. The Balaban J connectivity index is 1.84. The van der Waals surface area contributed by atoms with Crippen LogP contribution in [0.1, 0.15) is 22.9 Å². The van der Waals surface area contributed by atoms with Gasteiger partial charge in [0.15, 0.2) is 0 Å². The van der Waals surface area contributed by atoms with E-state index in [0.717, 1.165) is 9.29 Å². The summed E-state index contributed by atoms with van der Waals surface area (Å²) < 4.78 is 27.5. The standard InChI is InChI=1S/C19H15N3O4S2/c23-22(24)17-10-5-4-9-15(17)16-13-18(19-11-6-12-27-19)21(20-16)28(25,26)14-7-2-1-3-8-14/h1-12,18H,13H2/t18-/m0/s1. The van der Waals surface area contributed by atoms with Gasteiger partial charge in [0.1, 0.15) is 6.04 Å². The van der Waals surface area contributed by atoms with Gasteiger partial charge in [0.25, 0.3) is 15.7 Å². The smallest absolute Gasteiger partial charge is 0.258 e. The second-order valence-electron chi connectivity index (χ2n) is 6.15. The molecule has 1 atom stereocenters. The Morgan fingerprint density at radius 2 is 1.75 bits per heavy atom. The molecule has 0 aliphatic carbocycles. The third-order valence-electron chi connectivity index (χ3n) is 4.44. The molecule has 0 radical (unpaired) electrons. The van der Waals surface area contributed by atoms with Crippen LogP contribution < -0.4 is 0 Å². The molecule has 0 fully saturated rings. The number of nitrogens with zero attached hydrogens (tertiary/aromatic N) is 3. The van der Waals surface area contributed by atoms with E-state index >= 15 is 0 Å². The fourth-order valence-electron chi connectivity index (χ4n) is 3.14. The van der Waals surface area contributed by atoms with Crippen molar-refractivity contribution in [2.75, 3.05) is 0 Å². The molecule has 0 saturated heterocycles. The lowest BCUT2D eigenvalue weighted by Gasteiger charge is -2.22. The van der Waals surface area contributed by atoms with Crippen molar-refractivity contribution < 1.29 is 13.3 Å². The normalized spacial score (nSPS) is 16.8. The molecule has 4 rings (SSSR count). The number of thiophene rings is 1. The maximum absolute atomic E-state index is 13.2. The van der Waals surface area contributed by atoms with Crippen LogP contribution in [0, 0.1) is 10.1 Å². The average molecular weight is 413 g/mol. The molecule has 0 amide bonds. The summed E-state index contributed by atoms with van der Waals surface area (Å²) in [6.45, 7) is 0. The predicted molar refractivity (Wildman–Crippen MR) is 107 cm³/mol. The lowest BCUT2D eigenvalue weighted by Crippen LogP contribution is -2.26. The zero-order valence-electron chi connectivity index (χ0n) is 14.5. The van der Waals surface area contributed by atoms with Gasteiger partial charge in [-0.3, -0.25) is 10.1 Å². The zero-order valence-corrected chi connectivity index (χ0v) is 16.1. The lowest BCUT2D eigenvalue weighted by atomic mass is 10.0. The maximum atomic E-state index is 13.2. The second-order valence-corrected chi connectivity index (χ2v) is 8.92. The van der Waals surface area contributed by atoms with Gasteiger partial charge in [-0.15, -0.1) is 11.3 Å². The molecule has 1 aliphatic heterocycles. The van der Waals surface area contributed by atoms with E-state index in [2.05, 4.69) is 5.10 Å². The van der Waals surface area contributed by atoms with E-state index in [-0.39, 0.29) is 17.0 Å². The summed E-state index contributed by atoms with van der Waals surface area (Å²) in [5.74, 6) is 0. The number of sulfonamides is 1. The van der Waals surface area contributed by atoms with Gasteiger partial charge < -0.3 is 0 Å². The third kappa shape index (κ3) is 3.19. The molecule has 2 heterocycles. The zero-order chi connectivity index (χ0) is 19.7. The van der Waals surface area contributed by atoms with Crippen molar-refractivity contribution in [3.05, 3.63) is 92.7 Å². The van der Waals surface area contributed by atoms with Crippen molar-refractivity contribution in [1.82, 2.24) is 4.41 Å². The van der Waals surface area contributed by atoms with Crippen molar-refractivity contribution in [2.45, 2.75) is 17.4 Å². The minimum absolute atomic E-state index is 0.0925. The molecule has 0 spiro atoms. The van der Waals surface area contributed by atoms with E-state index in [1.807, 2.05) is 17.5 Å². The van der Waals surface area contributed by atoms with Gasteiger partial charge in [-0.2, -0.15) is 17.9 Å². The molecule has 142 valence electrons. The molecule has 0 unspecified atom stereocenters. The number of hydrazone groups is 1. The first-order chi connectivity index (χ1) is 13.5. The van der Waals surface area contributed by atoms with Crippen LogP contribution in [-0.4, -0.2) is 23.5 Å². The van der Waals surface area contributed by atoms with Crippen molar-refractivity contribution >= 4 is 32.8 Å². The van der Waals surface area contributed by atoms with Gasteiger partial charge in [-0.05, 0) is 29.6 Å². The van der Waals surface area contributed by atoms with Crippen molar-refractivity contribution in [3.63, 3.8) is 0 Å². The van der Waals surface area contributed by atoms with Crippen LogP contribution in [0.25, 0.3) is 0 Å². The molecule has 3 aromatic rings. The number of rotatable bonds is 5. The van der Waals surface area contributed by atoms with Crippen molar-refractivity contribution in [2.24, 2.45) is 5.10 Å². The second kappa shape index (κ2) is 7.17. The quantitative estimate of drug-likeness (QED) is 0.463. The Morgan fingerprint density at radius 3 is 2.43 bits per heavy atom. The van der Waals surface area contributed by atoms with Gasteiger partial charge in [0.2, 0.25) is 0 Å². The molecule has 7 nitrogen and oxygen atoms in total. The van der Waals surface area contributed by atoms with Crippen molar-refractivity contribution in [1.29, 1.82) is 0 Å². The van der Waals surface area contributed by atoms with Crippen LogP contribution in [0.15, 0.2) is 82.1 Å². The first-order valence-electron chi connectivity index (χ1n) is 8.42. The number of benzene rings is 2. The largest absolute Gasteiger partial charge is 0.279 e. The number of hydrogen-bond acceptors (Lipinski definition) is 6. The highest BCUT2D eigenvalue weighted by Crippen LogP contribution is 2.39. The van der Waals surface area contributed by atoms with E-state index in [1.165, 1.54) is 29.5 Å². The van der Waals surface area contributed by atoms with Crippen LogP contribution in [-0.2, 0) is 10.0 Å². The van der Waals surface area contributed by atoms with Crippen LogP contribution in [0.2, 0.25) is 0 Å². The van der Waals surface area contributed by atoms with Crippen LogP contribution >= 0.6 is 11.3 Å². The van der Waals surface area contributed by atoms with E-state index in [1.54, 1.807) is 36.4 Å². The Labute approximate surface area is 165 Å². The third-order valence-corrected chi connectivity index (χ3v) is 7.11. The summed E-state index contributed by atoms with van der Waals surface area (Å²) in [6, 6.07) is 17.5. The van der Waals surface area contributed by atoms with E-state index in [0.29, 0.717) is 11.3 Å². The fraction of sp³-hybridized carbons (Fsp3) is 0.105. The molecule has 28 heavy (non-hydrogen) atoms.